The minimum atomic E-state index is 0.0980. The van der Waals surface area contributed by atoms with Gasteiger partial charge in [0.25, 0.3) is 0 Å². The Hall–Kier alpha value is -1.87. The molecule has 0 aromatic heterocycles. The van der Waals surface area contributed by atoms with Crippen molar-refractivity contribution in [2.75, 3.05) is 26.7 Å². The van der Waals surface area contributed by atoms with Gasteiger partial charge >= 0.3 is 0 Å². The van der Waals surface area contributed by atoms with E-state index in [1.165, 1.54) is 11.1 Å². The fraction of sp³-hybridized carbons (Fsp3) is 0.353. The van der Waals surface area contributed by atoms with Crippen LogP contribution in [-0.2, 0) is 11.3 Å². The molecule has 0 spiro atoms. The lowest BCUT2D eigenvalue weighted by molar-refractivity contribution is -0.131. The lowest BCUT2D eigenvalue weighted by Gasteiger charge is -2.23. The first-order chi connectivity index (χ1) is 9.58. The van der Waals surface area contributed by atoms with E-state index >= 15 is 0 Å². The summed E-state index contributed by atoms with van der Waals surface area (Å²) in [6, 6.07) is 8.24. The topological polar surface area (TPSA) is 23.6 Å². The van der Waals surface area contributed by atoms with Crippen molar-refractivity contribution in [1.82, 2.24) is 9.80 Å². The molecular weight excluding hydrogens is 248 g/mol. The number of hydrogen-bond acceptors (Lipinski definition) is 2. The van der Waals surface area contributed by atoms with Crippen LogP contribution in [-0.4, -0.2) is 42.4 Å². The average molecular weight is 272 g/mol. The second-order valence-corrected chi connectivity index (χ2v) is 4.97. The third-order valence-electron chi connectivity index (χ3n) is 3.16. The molecule has 0 radical (unpaired) electrons. The fourth-order valence-electron chi connectivity index (χ4n) is 2.05. The number of aryl methyl sites for hydroxylation is 1. The Morgan fingerprint density at radius 2 is 1.80 bits per heavy atom. The molecule has 0 saturated heterocycles. The minimum Gasteiger partial charge on any atom is -0.334 e. The van der Waals surface area contributed by atoms with Gasteiger partial charge in [-0.2, -0.15) is 0 Å². The maximum absolute atomic E-state index is 12.2. The van der Waals surface area contributed by atoms with Gasteiger partial charge in [0, 0.05) is 19.6 Å². The summed E-state index contributed by atoms with van der Waals surface area (Å²) < 4.78 is 0. The van der Waals surface area contributed by atoms with E-state index in [1.807, 2.05) is 24.1 Å². The third-order valence-corrected chi connectivity index (χ3v) is 3.16. The fourth-order valence-corrected chi connectivity index (χ4v) is 2.05. The van der Waals surface area contributed by atoms with Crippen molar-refractivity contribution in [3.05, 3.63) is 60.7 Å². The first kappa shape index (κ1) is 16.2. The number of carbonyl (C=O) groups excluding carboxylic acids is 1. The van der Waals surface area contributed by atoms with Crippen LogP contribution in [0.1, 0.15) is 11.1 Å². The molecule has 1 aromatic carbocycles. The number of nitrogens with zero attached hydrogens (tertiary/aromatic N) is 2. The van der Waals surface area contributed by atoms with Crippen molar-refractivity contribution in [3.8, 4) is 0 Å². The molecule has 0 aliphatic rings. The standard InChI is InChI=1S/C17H24N2O/c1-5-11-19(12-6-2)17(20)14-18(4)13-16-10-8-7-9-15(16)3/h5-10H,1-2,11-14H2,3-4H3. The second kappa shape index (κ2) is 8.33. The summed E-state index contributed by atoms with van der Waals surface area (Å²) in [5.74, 6) is 0.0980. The van der Waals surface area contributed by atoms with Gasteiger partial charge in [0.15, 0.2) is 0 Å². The predicted molar refractivity (Wildman–Crippen MR) is 84.5 cm³/mol. The van der Waals surface area contributed by atoms with Gasteiger partial charge in [-0.15, -0.1) is 13.2 Å². The molecule has 0 bridgehead atoms. The number of carbonyl (C=O) groups is 1. The van der Waals surface area contributed by atoms with Gasteiger partial charge in [-0.05, 0) is 25.1 Å². The molecule has 0 aliphatic heterocycles. The number of benzene rings is 1. The number of hydrogen-bond donors (Lipinski definition) is 0. The molecule has 1 amide bonds. The monoisotopic (exact) mass is 272 g/mol. The van der Waals surface area contributed by atoms with Crippen LogP contribution in [0.15, 0.2) is 49.6 Å². The maximum atomic E-state index is 12.2. The van der Waals surface area contributed by atoms with Gasteiger partial charge in [0.2, 0.25) is 5.91 Å². The summed E-state index contributed by atoms with van der Waals surface area (Å²) in [6.07, 6.45) is 3.48. The summed E-state index contributed by atoms with van der Waals surface area (Å²) in [5, 5.41) is 0. The van der Waals surface area contributed by atoms with Gasteiger partial charge in [0.1, 0.15) is 0 Å². The molecule has 3 nitrogen and oxygen atoms in total. The van der Waals surface area contributed by atoms with Crippen LogP contribution in [0.25, 0.3) is 0 Å². The maximum Gasteiger partial charge on any atom is 0.237 e. The second-order valence-electron chi connectivity index (χ2n) is 4.97. The Labute approximate surface area is 122 Å². The quantitative estimate of drug-likeness (QED) is 0.679. The molecular formula is C17H24N2O. The summed E-state index contributed by atoms with van der Waals surface area (Å²) in [7, 11) is 1.96. The smallest absolute Gasteiger partial charge is 0.237 e. The SMILES string of the molecule is C=CCN(CC=C)C(=O)CN(C)Cc1ccccc1C. The highest BCUT2D eigenvalue weighted by molar-refractivity contribution is 5.78. The van der Waals surface area contributed by atoms with Crippen molar-refractivity contribution in [1.29, 1.82) is 0 Å². The Morgan fingerprint density at radius 3 is 2.35 bits per heavy atom. The van der Waals surface area contributed by atoms with E-state index in [2.05, 4.69) is 32.2 Å². The van der Waals surface area contributed by atoms with E-state index in [1.54, 1.807) is 17.1 Å². The van der Waals surface area contributed by atoms with Crippen molar-refractivity contribution in [2.45, 2.75) is 13.5 Å². The van der Waals surface area contributed by atoms with Crippen LogP contribution in [0.4, 0.5) is 0 Å². The molecule has 20 heavy (non-hydrogen) atoms. The molecule has 1 aromatic rings. The van der Waals surface area contributed by atoms with Crippen LogP contribution in [0.2, 0.25) is 0 Å². The highest BCUT2D eigenvalue weighted by atomic mass is 16.2. The molecule has 0 heterocycles. The van der Waals surface area contributed by atoms with Gasteiger partial charge < -0.3 is 4.90 Å². The zero-order chi connectivity index (χ0) is 15.0. The first-order valence-corrected chi connectivity index (χ1v) is 6.81. The Morgan fingerprint density at radius 1 is 1.20 bits per heavy atom. The molecule has 3 heteroatoms. The van der Waals surface area contributed by atoms with Gasteiger partial charge in [-0.3, -0.25) is 9.69 Å². The molecule has 0 unspecified atom stereocenters. The summed E-state index contributed by atoms with van der Waals surface area (Å²) in [4.78, 5) is 16.0. The van der Waals surface area contributed by atoms with Gasteiger partial charge in [-0.25, -0.2) is 0 Å². The van der Waals surface area contributed by atoms with Crippen molar-refractivity contribution < 1.29 is 4.79 Å². The summed E-state index contributed by atoms with van der Waals surface area (Å²) >= 11 is 0. The molecule has 0 fully saturated rings. The van der Waals surface area contributed by atoms with E-state index in [-0.39, 0.29) is 5.91 Å². The van der Waals surface area contributed by atoms with Crippen molar-refractivity contribution >= 4 is 5.91 Å². The average Bonchev–Trinajstić information content (AvgIpc) is 2.41. The zero-order valence-corrected chi connectivity index (χ0v) is 12.5. The Bertz CT molecular complexity index is 458. The Kier molecular flexibility index (Phi) is 6.74. The number of amides is 1. The first-order valence-electron chi connectivity index (χ1n) is 6.81. The van der Waals surface area contributed by atoms with E-state index < -0.39 is 0 Å². The summed E-state index contributed by atoms with van der Waals surface area (Å²) in [5.41, 5.74) is 2.50. The normalized spacial score (nSPS) is 10.3. The summed E-state index contributed by atoms with van der Waals surface area (Å²) in [6.45, 7) is 11.7. The third kappa shape index (κ3) is 5.02. The number of rotatable bonds is 8. The molecule has 0 saturated carbocycles. The minimum absolute atomic E-state index is 0.0980. The van der Waals surface area contributed by atoms with E-state index in [4.69, 9.17) is 0 Å². The lowest BCUT2D eigenvalue weighted by atomic mass is 10.1. The van der Waals surface area contributed by atoms with Crippen LogP contribution >= 0.6 is 0 Å². The van der Waals surface area contributed by atoms with Crippen LogP contribution in [0.3, 0.4) is 0 Å². The molecule has 0 aliphatic carbocycles. The van der Waals surface area contributed by atoms with Gasteiger partial charge in [0.05, 0.1) is 6.54 Å². The molecule has 0 atom stereocenters. The molecule has 0 N–H and O–H groups in total. The Balaban J connectivity index is 2.58. The van der Waals surface area contributed by atoms with Crippen LogP contribution in [0.5, 0.6) is 0 Å². The molecule has 1 rings (SSSR count). The van der Waals surface area contributed by atoms with E-state index in [0.717, 1.165) is 6.54 Å². The zero-order valence-electron chi connectivity index (χ0n) is 12.5. The van der Waals surface area contributed by atoms with Crippen LogP contribution in [0, 0.1) is 6.92 Å². The largest absolute Gasteiger partial charge is 0.334 e. The molecule has 108 valence electrons. The highest BCUT2D eigenvalue weighted by Gasteiger charge is 2.13. The van der Waals surface area contributed by atoms with Crippen molar-refractivity contribution in [2.24, 2.45) is 0 Å². The number of likely N-dealkylation sites (N-methyl/N-ethyl adjacent to an activating group) is 1. The lowest BCUT2D eigenvalue weighted by Crippen LogP contribution is -2.39. The highest BCUT2D eigenvalue weighted by Crippen LogP contribution is 2.09. The predicted octanol–water partition coefficient (Wildman–Crippen LogP) is 2.63. The van der Waals surface area contributed by atoms with Gasteiger partial charge in [-0.1, -0.05) is 36.4 Å². The van der Waals surface area contributed by atoms with E-state index in [9.17, 15) is 4.79 Å². The van der Waals surface area contributed by atoms with Crippen LogP contribution < -0.4 is 0 Å². The van der Waals surface area contributed by atoms with Crippen molar-refractivity contribution in [3.63, 3.8) is 0 Å². The van der Waals surface area contributed by atoms with E-state index in [0.29, 0.717) is 19.6 Å².